The smallest absolute Gasteiger partial charge is 0.241 e. The summed E-state index contributed by atoms with van der Waals surface area (Å²) in [7, 11) is 0. The van der Waals surface area contributed by atoms with Gasteiger partial charge in [-0.25, -0.2) is 0 Å². The summed E-state index contributed by atoms with van der Waals surface area (Å²) in [5.41, 5.74) is 0.809. The summed E-state index contributed by atoms with van der Waals surface area (Å²) in [6, 6.07) is 5.16. The van der Waals surface area contributed by atoms with Crippen molar-refractivity contribution < 1.29 is 4.79 Å². The minimum Gasteiger partial charge on any atom is -0.353 e. The molecule has 1 amide bonds. The van der Waals surface area contributed by atoms with Crippen molar-refractivity contribution in [2.45, 2.75) is 6.04 Å². The quantitative estimate of drug-likeness (QED) is 0.828. The van der Waals surface area contributed by atoms with E-state index in [2.05, 4.69) is 26.6 Å². The Labute approximate surface area is 101 Å². The predicted octanol–water partition coefficient (Wildman–Crippen LogP) is 1.86. The standard InChI is InChI=1S/C10H10BrClN2O/c11-6-1-2-8(12)7(5-6)9-10(15)14-4-3-13-9/h1-2,5,9,13H,3-4H2,(H,14,15). The first-order chi connectivity index (χ1) is 7.18. The highest BCUT2D eigenvalue weighted by molar-refractivity contribution is 9.10. The first-order valence-corrected chi connectivity index (χ1v) is 5.81. The maximum absolute atomic E-state index is 11.6. The monoisotopic (exact) mass is 288 g/mol. The SMILES string of the molecule is O=C1NCCNC1c1cc(Br)ccc1Cl. The highest BCUT2D eigenvalue weighted by atomic mass is 79.9. The van der Waals surface area contributed by atoms with Crippen molar-refractivity contribution in [3.05, 3.63) is 33.3 Å². The molecule has 80 valence electrons. The Morgan fingerprint density at radius 2 is 2.20 bits per heavy atom. The van der Waals surface area contributed by atoms with Crippen LogP contribution in [-0.2, 0) is 4.79 Å². The Morgan fingerprint density at radius 3 is 2.93 bits per heavy atom. The zero-order valence-corrected chi connectivity index (χ0v) is 10.2. The summed E-state index contributed by atoms with van der Waals surface area (Å²) < 4.78 is 0.919. The molecule has 1 unspecified atom stereocenters. The van der Waals surface area contributed by atoms with Crippen molar-refractivity contribution >= 4 is 33.4 Å². The van der Waals surface area contributed by atoms with Crippen molar-refractivity contribution in [1.82, 2.24) is 10.6 Å². The van der Waals surface area contributed by atoms with Gasteiger partial charge in [0.25, 0.3) is 0 Å². The number of benzene rings is 1. The van der Waals surface area contributed by atoms with Gasteiger partial charge in [0.1, 0.15) is 6.04 Å². The summed E-state index contributed by atoms with van der Waals surface area (Å²) in [5.74, 6) is -0.0266. The van der Waals surface area contributed by atoms with Crippen LogP contribution in [0.3, 0.4) is 0 Å². The third-order valence-corrected chi connectivity index (χ3v) is 3.14. The predicted molar refractivity (Wildman–Crippen MR) is 62.9 cm³/mol. The summed E-state index contributed by atoms with van der Waals surface area (Å²) in [5, 5.41) is 6.54. The molecule has 1 aromatic carbocycles. The number of carbonyl (C=O) groups is 1. The van der Waals surface area contributed by atoms with Crippen LogP contribution >= 0.6 is 27.5 Å². The zero-order valence-electron chi connectivity index (χ0n) is 7.89. The van der Waals surface area contributed by atoms with Crippen molar-refractivity contribution in [3.8, 4) is 0 Å². The number of amides is 1. The molecule has 1 aliphatic heterocycles. The van der Waals surface area contributed by atoms with E-state index in [1.54, 1.807) is 6.07 Å². The fraction of sp³-hybridized carbons (Fsp3) is 0.300. The molecule has 15 heavy (non-hydrogen) atoms. The molecule has 0 radical (unpaired) electrons. The van der Waals surface area contributed by atoms with Gasteiger partial charge in [-0.3, -0.25) is 4.79 Å². The van der Waals surface area contributed by atoms with E-state index in [-0.39, 0.29) is 11.9 Å². The molecule has 0 aliphatic carbocycles. The molecule has 0 saturated carbocycles. The average molecular weight is 290 g/mol. The van der Waals surface area contributed by atoms with Crippen LogP contribution in [0.15, 0.2) is 22.7 Å². The lowest BCUT2D eigenvalue weighted by Gasteiger charge is -2.24. The molecule has 1 heterocycles. The average Bonchev–Trinajstić information content (AvgIpc) is 2.23. The highest BCUT2D eigenvalue weighted by Gasteiger charge is 2.25. The van der Waals surface area contributed by atoms with E-state index in [9.17, 15) is 4.79 Å². The van der Waals surface area contributed by atoms with Gasteiger partial charge >= 0.3 is 0 Å². The van der Waals surface area contributed by atoms with Gasteiger partial charge in [-0.15, -0.1) is 0 Å². The van der Waals surface area contributed by atoms with E-state index in [1.807, 2.05) is 12.1 Å². The van der Waals surface area contributed by atoms with Crippen LogP contribution in [-0.4, -0.2) is 19.0 Å². The van der Waals surface area contributed by atoms with Crippen LogP contribution in [0.2, 0.25) is 5.02 Å². The van der Waals surface area contributed by atoms with E-state index >= 15 is 0 Å². The molecule has 1 aliphatic rings. The van der Waals surface area contributed by atoms with Gasteiger partial charge < -0.3 is 10.6 Å². The van der Waals surface area contributed by atoms with Gasteiger partial charge in [-0.2, -0.15) is 0 Å². The van der Waals surface area contributed by atoms with Crippen molar-refractivity contribution in [2.24, 2.45) is 0 Å². The van der Waals surface area contributed by atoms with Gasteiger partial charge in [0.05, 0.1) is 0 Å². The van der Waals surface area contributed by atoms with E-state index in [0.717, 1.165) is 16.6 Å². The molecule has 0 spiro atoms. The molecule has 1 fully saturated rings. The first kappa shape index (κ1) is 10.9. The maximum Gasteiger partial charge on any atom is 0.241 e. The zero-order chi connectivity index (χ0) is 10.8. The van der Waals surface area contributed by atoms with Gasteiger partial charge in [0.15, 0.2) is 0 Å². The van der Waals surface area contributed by atoms with Crippen LogP contribution in [0.5, 0.6) is 0 Å². The van der Waals surface area contributed by atoms with E-state index in [1.165, 1.54) is 0 Å². The van der Waals surface area contributed by atoms with Crippen LogP contribution in [0.4, 0.5) is 0 Å². The van der Waals surface area contributed by atoms with Crippen LogP contribution in [0.25, 0.3) is 0 Å². The second-order valence-corrected chi connectivity index (χ2v) is 4.67. The summed E-state index contributed by atoms with van der Waals surface area (Å²) in [6.07, 6.45) is 0. The lowest BCUT2D eigenvalue weighted by Crippen LogP contribution is -2.47. The van der Waals surface area contributed by atoms with Crippen molar-refractivity contribution in [1.29, 1.82) is 0 Å². The van der Waals surface area contributed by atoms with Gasteiger partial charge in [0, 0.05) is 22.6 Å². The summed E-state index contributed by atoms with van der Waals surface area (Å²) >= 11 is 9.42. The fourth-order valence-corrected chi connectivity index (χ4v) is 2.19. The number of halogens is 2. The van der Waals surface area contributed by atoms with Crippen LogP contribution in [0, 0.1) is 0 Å². The second-order valence-electron chi connectivity index (χ2n) is 3.34. The molecule has 2 rings (SSSR count). The lowest BCUT2D eigenvalue weighted by atomic mass is 10.0. The maximum atomic E-state index is 11.6. The lowest BCUT2D eigenvalue weighted by molar-refractivity contribution is -0.124. The Bertz CT molecular complexity index is 397. The largest absolute Gasteiger partial charge is 0.353 e. The third-order valence-electron chi connectivity index (χ3n) is 2.30. The van der Waals surface area contributed by atoms with E-state index < -0.39 is 0 Å². The van der Waals surface area contributed by atoms with Crippen LogP contribution < -0.4 is 10.6 Å². The number of nitrogens with one attached hydrogen (secondary N) is 2. The summed E-state index contributed by atoms with van der Waals surface area (Å²) in [6.45, 7) is 1.43. The van der Waals surface area contributed by atoms with Gasteiger partial charge in [0.2, 0.25) is 5.91 Å². The van der Waals surface area contributed by atoms with Crippen molar-refractivity contribution in [3.63, 3.8) is 0 Å². The normalized spacial score (nSPS) is 21.2. The van der Waals surface area contributed by atoms with Crippen molar-refractivity contribution in [2.75, 3.05) is 13.1 Å². The fourth-order valence-electron chi connectivity index (χ4n) is 1.58. The van der Waals surface area contributed by atoms with Gasteiger partial charge in [-0.1, -0.05) is 27.5 Å². The van der Waals surface area contributed by atoms with Gasteiger partial charge in [-0.05, 0) is 23.8 Å². The molecule has 0 bridgehead atoms. The molecule has 1 saturated heterocycles. The second kappa shape index (κ2) is 4.51. The molecular formula is C10H10BrClN2O. The minimum atomic E-state index is -0.344. The minimum absolute atomic E-state index is 0.0266. The summed E-state index contributed by atoms with van der Waals surface area (Å²) in [4.78, 5) is 11.6. The Balaban J connectivity index is 2.34. The van der Waals surface area contributed by atoms with E-state index in [4.69, 9.17) is 11.6 Å². The van der Waals surface area contributed by atoms with E-state index in [0.29, 0.717) is 11.6 Å². The number of hydrogen-bond donors (Lipinski definition) is 2. The molecule has 0 aromatic heterocycles. The molecule has 5 heteroatoms. The number of hydrogen-bond acceptors (Lipinski definition) is 2. The molecule has 1 aromatic rings. The number of carbonyl (C=O) groups excluding carboxylic acids is 1. The number of rotatable bonds is 1. The molecular weight excluding hydrogens is 279 g/mol. The van der Waals surface area contributed by atoms with Crippen LogP contribution in [0.1, 0.15) is 11.6 Å². The number of piperazine rings is 1. The third kappa shape index (κ3) is 2.33. The highest BCUT2D eigenvalue weighted by Crippen LogP contribution is 2.27. The molecule has 1 atom stereocenters. The first-order valence-electron chi connectivity index (χ1n) is 4.64. The Kier molecular flexibility index (Phi) is 3.29. The molecule has 2 N–H and O–H groups in total. The Morgan fingerprint density at radius 1 is 1.40 bits per heavy atom. The Hall–Kier alpha value is -0.580. The molecule has 3 nitrogen and oxygen atoms in total. The topological polar surface area (TPSA) is 41.1 Å².